The van der Waals surface area contributed by atoms with Gasteiger partial charge in [0.1, 0.15) is 0 Å². The number of anilines is 3. The molecule has 6 aliphatic carbocycles. The van der Waals surface area contributed by atoms with Gasteiger partial charge in [-0.3, -0.25) is 0 Å². The molecule has 1 heteroatoms. The molecule has 0 atom stereocenters. The minimum absolute atomic E-state index is 0.00813. The van der Waals surface area contributed by atoms with E-state index in [2.05, 4.69) is 241 Å². The Labute approximate surface area is 411 Å². The predicted molar refractivity (Wildman–Crippen MR) is 290 cm³/mol. The number of benzene rings is 10. The monoisotopic (exact) mass is 895 g/mol. The summed E-state index contributed by atoms with van der Waals surface area (Å²) in [5.41, 5.74) is 22.2. The Morgan fingerprint density at radius 1 is 0.300 bits per heavy atom. The lowest BCUT2D eigenvalue weighted by Crippen LogP contribution is -2.55. The van der Waals surface area contributed by atoms with Gasteiger partial charge < -0.3 is 4.90 Å². The maximum absolute atomic E-state index is 2.65. The molecule has 1 nitrogen and oxygen atoms in total. The molecule has 70 heavy (non-hydrogen) atoms. The normalized spacial score (nSPS) is 21.6. The second-order valence-electron chi connectivity index (χ2n) is 21.2. The van der Waals surface area contributed by atoms with Gasteiger partial charge in [0.2, 0.25) is 0 Å². The van der Waals surface area contributed by atoms with E-state index in [1.807, 2.05) is 0 Å². The lowest BCUT2D eigenvalue weighted by Gasteiger charge is -2.61. The molecule has 0 aliphatic heterocycles. The molecule has 4 bridgehead atoms. The van der Waals surface area contributed by atoms with Crippen molar-refractivity contribution in [2.45, 2.75) is 42.9 Å². The Kier molecular flexibility index (Phi) is 8.83. The fourth-order valence-electron chi connectivity index (χ4n) is 15.3. The van der Waals surface area contributed by atoms with Crippen LogP contribution in [0.25, 0.3) is 55.3 Å². The van der Waals surface area contributed by atoms with Crippen LogP contribution in [0.4, 0.5) is 17.1 Å². The van der Waals surface area contributed by atoms with Crippen molar-refractivity contribution in [3.63, 3.8) is 0 Å². The van der Waals surface area contributed by atoms with Gasteiger partial charge in [-0.1, -0.05) is 188 Å². The molecule has 10 aromatic rings. The molecule has 1 spiro atoms. The maximum Gasteiger partial charge on any atom is 0.0713 e. The van der Waals surface area contributed by atoms with Crippen LogP contribution in [0, 0.1) is 23.7 Å². The molecule has 0 aromatic heterocycles. The minimum atomic E-state index is -0.437. The van der Waals surface area contributed by atoms with Crippen molar-refractivity contribution in [2.24, 2.45) is 23.7 Å². The topological polar surface area (TPSA) is 3.24 Å². The molecule has 10 aromatic carbocycles. The summed E-state index contributed by atoms with van der Waals surface area (Å²) in [7, 11) is 0. The van der Waals surface area contributed by atoms with Gasteiger partial charge in [-0.15, -0.1) is 0 Å². The third kappa shape index (κ3) is 5.72. The summed E-state index contributed by atoms with van der Waals surface area (Å²) in [6.07, 6.45) is 6.82. The van der Waals surface area contributed by atoms with Crippen LogP contribution in [0.15, 0.2) is 237 Å². The van der Waals surface area contributed by atoms with E-state index in [0.29, 0.717) is 11.8 Å². The molecule has 4 saturated carbocycles. The van der Waals surface area contributed by atoms with Gasteiger partial charge in [0.25, 0.3) is 0 Å². The first-order valence-electron chi connectivity index (χ1n) is 25.7. The molecule has 6 aliphatic rings. The molecule has 0 N–H and O–H groups in total. The van der Waals surface area contributed by atoms with Crippen molar-refractivity contribution >= 4 is 27.8 Å². The van der Waals surface area contributed by atoms with Crippen LogP contribution < -0.4 is 4.90 Å². The van der Waals surface area contributed by atoms with Crippen molar-refractivity contribution in [3.05, 3.63) is 270 Å². The number of fused-ring (bicyclic) bond motifs is 7. The lowest BCUT2D eigenvalue weighted by molar-refractivity contribution is -0.0399. The fourth-order valence-corrected chi connectivity index (χ4v) is 15.3. The predicted octanol–water partition coefficient (Wildman–Crippen LogP) is 17.7. The van der Waals surface area contributed by atoms with Gasteiger partial charge >= 0.3 is 0 Å². The van der Waals surface area contributed by atoms with Crippen LogP contribution in [0.3, 0.4) is 0 Å². The van der Waals surface area contributed by atoms with Crippen LogP contribution in [-0.2, 0) is 10.8 Å². The van der Waals surface area contributed by atoms with Gasteiger partial charge in [0.05, 0.1) is 5.41 Å². The van der Waals surface area contributed by atoms with E-state index in [1.165, 1.54) is 127 Å². The molecule has 16 rings (SSSR count). The van der Waals surface area contributed by atoms with Crippen LogP contribution in [0.5, 0.6) is 0 Å². The van der Waals surface area contributed by atoms with Crippen LogP contribution in [0.1, 0.15) is 65.5 Å². The molecule has 0 radical (unpaired) electrons. The second kappa shape index (κ2) is 15.4. The number of rotatable bonds is 7. The summed E-state index contributed by atoms with van der Waals surface area (Å²) in [4.78, 5) is 2.52. The molecule has 0 amide bonds. The lowest BCUT2D eigenvalue weighted by atomic mass is 9.43. The molecular weight excluding hydrogens is 843 g/mol. The SMILES string of the molecule is c1ccc(-c2ccc(N(c3ccc4c(c3)C3(c5ccc(-c6ccc7c(c6)C(c6ccccc6)(c6ccccc6)c6ccccc6-7)cc5-4)C4CC5CC(C4)CC3C5)c3ccc4ccccc4c3)cc2)cc1. The van der Waals surface area contributed by atoms with E-state index in [-0.39, 0.29) is 5.41 Å². The first-order chi connectivity index (χ1) is 34.6. The molecule has 0 heterocycles. The number of hydrogen-bond acceptors (Lipinski definition) is 1. The Balaban J connectivity index is 0.910. The first kappa shape index (κ1) is 40.2. The third-order valence-electron chi connectivity index (χ3n) is 17.9. The molecule has 334 valence electrons. The van der Waals surface area contributed by atoms with Gasteiger partial charge in [0, 0.05) is 22.5 Å². The zero-order chi connectivity index (χ0) is 46.0. The molecular formula is C69H53N. The van der Waals surface area contributed by atoms with Gasteiger partial charge in [-0.2, -0.15) is 0 Å². The Morgan fingerprint density at radius 3 is 1.54 bits per heavy atom. The summed E-state index contributed by atoms with van der Waals surface area (Å²) in [5.74, 6) is 3.04. The zero-order valence-electron chi connectivity index (χ0n) is 39.3. The average molecular weight is 896 g/mol. The fraction of sp³-hybridized carbons (Fsp3) is 0.159. The van der Waals surface area contributed by atoms with Gasteiger partial charge in [0.15, 0.2) is 0 Å². The van der Waals surface area contributed by atoms with Crippen LogP contribution in [0.2, 0.25) is 0 Å². The van der Waals surface area contributed by atoms with Crippen molar-refractivity contribution in [3.8, 4) is 44.5 Å². The highest BCUT2D eigenvalue weighted by Gasteiger charge is 2.61. The first-order valence-corrected chi connectivity index (χ1v) is 25.7. The Hall–Kier alpha value is -7.74. The summed E-state index contributed by atoms with van der Waals surface area (Å²) < 4.78 is 0. The van der Waals surface area contributed by atoms with Crippen LogP contribution in [-0.4, -0.2) is 0 Å². The zero-order valence-corrected chi connectivity index (χ0v) is 39.3. The van der Waals surface area contributed by atoms with Crippen molar-refractivity contribution in [1.29, 1.82) is 0 Å². The van der Waals surface area contributed by atoms with E-state index >= 15 is 0 Å². The Morgan fingerprint density at radius 2 is 0.814 bits per heavy atom. The van der Waals surface area contributed by atoms with Crippen molar-refractivity contribution in [2.75, 3.05) is 4.90 Å². The standard InChI is InChI=1S/C69H53N/c1-4-14-47(15-5-1)49-24-29-57(30-25-49)70(58-31-26-48-16-10-11-17-50(48)41-58)59-32-34-62-63-42-51(28-35-65(63)69(67(62)44-59)55-37-45-36-46(39-55)40-56(69)38-45)52-27-33-61-60-22-12-13-23-64(60)68(66(61)43-52,53-18-6-2-7-19-53)54-20-8-3-9-21-54/h1-35,41-46,55-56H,36-40H2. The van der Waals surface area contributed by atoms with E-state index in [1.54, 1.807) is 11.1 Å². The molecule has 4 fully saturated rings. The van der Waals surface area contributed by atoms with Gasteiger partial charge in [-0.05, 0) is 193 Å². The average Bonchev–Trinajstić information content (AvgIpc) is 3.88. The van der Waals surface area contributed by atoms with E-state index in [0.717, 1.165) is 11.8 Å². The van der Waals surface area contributed by atoms with E-state index in [9.17, 15) is 0 Å². The van der Waals surface area contributed by atoms with Crippen molar-refractivity contribution in [1.82, 2.24) is 0 Å². The molecule has 0 unspecified atom stereocenters. The van der Waals surface area contributed by atoms with Crippen LogP contribution >= 0.6 is 0 Å². The minimum Gasteiger partial charge on any atom is -0.310 e. The van der Waals surface area contributed by atoms with Gasteiger partial charge in [-0.25, -0.2) is 0 Å². The highest BCUT2D eigenvalue weighted by atomic mass is 15.1. The highest BCUT2D eigenvalue weighted by molar-refractivity contribution is 5.93. The van der Waals surface area contributed by atoms with E-state index in [4.69, 9.17) is 0 Å². The summed E-state index contributed by atoms with van der Waals surface area (Å²) in [5, 5.41) is 2.52. The largest absolute Gasteiger partial charge is 0.310 e. The third-order valence-corrected chi connectivity index (χ3v) is 17.9. The second-order valence-corrected chi connectivity index (χ2v) is 21.2. The Bertz CT molecular complexity index is 3590. The smallest absolute Gasteiger partial charge is 0.0713 e. The quantitative estimate of drug-likeness (QED) is 0.154. The maximum atomic E-state index is 2.65. The number of hydrogen-bond donors (Lipinski definition) is 0. The number of nitrogens with zero attached hydrogens (tertiary/aromatic N) is 1. The highest BCUT2D eigenvalue weighted by Crippen LogP contribution is 2.70. The van der Waals surface area contributed by atoms with Crippen molar-refractivity contribution < 1.29 is 0 Å². The summed E-state index contributed by atoms with van der Waals surface area (Å²) in [6, 6.07) is 89.9. The summed E-state index contributed by atoms with van der Waals surface area (Å²) >= 11 is 0. The molecule has 0 saturated heterocycles. The summed E-state index contributed by atoms with van der Waals surface area (Å²) in [6.45, 7) is 0. The van der Waals surface area contributed by atoms with E-state index < -0.39 is 5.41 Å².